The molecule has 1 aliphatic rings. The van der Waals surface area contributed by atoms with Crippen molar-refractivity contribution in [3.05, 3.63) is 30.6 Å². The summed E-state index contributed by atoms with van der Waals surface area (Å²) in [4.78, 5) is 24.9. The molecule has 0 radical (unpaired) electrons. The van der Waals surface area contributed by atoms with Gasteiger partial charge in [-0.1, -0.05) is 0 Å². The van der Waals surface area contributed by atoms with Crippen molar-refractivity contribution in [2.45, 2.75) is 24.5 Å². The van der Waals surface area contributed by atoms with Crippen molar-refractivity contribution in [2.24, 2.45) is 0 Å². The molecule has 2 unspecified atom stereocenters. The van der Waals surface area contributed by atoms with E-state index in [-0.39, 0.29) is 3.57 Å². The first kappa shape index (κ1) is 13.7. The minimum absolute atomic E-state index is 0.241. The maximum Gasteiger partial charge on any atom is 0.330 e. The highest BCUT2D eigenvalue weighted by molar-refractivity contribution is 14.1. The Morgan fingerprint density at radius 3 is 2.61 bits per heavy atom. The largest absolute Gasteiger partial charge is 0.394 e. The molecule has 0 bridgehead atoms. The van der Waals surface area contributed by atoms with E-state index in [1.807, 2.05) is 0 Å². The van der Waals surface area contributed by atoms with Gasteiger partial charge < -0.3 is 20.1 Å². The van der Waals surface area contributed by atoms with E-state index in [0.717, 1.165) is 4.57 Å². The fourth-order valence-electron chi connectivity index (χ4n) is 1.76. The Hall–Kier alpha value is -0.750. The smallest absolute Gasteiger partial charge is 0.330 e. The minimum atomic E-state index is -1.36. The van der Waals surface area contributed by atoms with Gasteiger partial charge in [0, 0.05) is 6.20 Å². The monoisotopic (exact) mass is 370 g/mol. The number of hydrogen-bond acceptors (Lipinski definition) is 6. The molecule has 2 rings (SSSR count). The maximum absolute atomic E-state index is 11.6. The third-order valence-electron chi connectivity index (χ3n) is 2.72. The van der Waals surface area contributed by atoms with E-state index in [1.54, 1.807) is 22.6 Å². The van der Waals surface area contributed by atoms with Crippen LogP contribution in [0.4, 0.5) is 0 Å². The van der Waals surface area contributed by atoms with Crippen molar-refractivity contribution >= 4 is 22.6 Å². The van der Waals surface area contributed by atoms with Crippen LogP contribution in [0.1, 0.15) is 6.23 Å². The van der Waals surface area contributed by atoms with Gasteiger partial charge in [-0.05, 0) is 22.6 Å². The Labute approximate surface area is 114 Å². The summed E-state index contributed by atoms with van der Waals surface area (Å²) < 4.78 is 6.40. The van der Waals surface area contributed by atoms with E-state index in [4.69, 9.17) is 9.84 Å². The van der Waals surface area contributed by atoms with Crippen molar-refractivity contribution in [1.29, 1.82) is 0 Å². The molecule has 9 heteroatoms. The molecule has 1 saturated heterocycles. The molecule has 4 atom stereocenters. The van der Waals surface area contributed by atoms with E-state index < -0.39 is 42.4 Å². The number of aliphatic hydroxyl groups excluding tert-OH is 3. The predicted octanol–water partition coefficient (Wildman–Crippen LogP) is -2.25. The first-order valence-electron chi connectivity index (χ1n) is 5.09. The third kappa shape index (κ3) is 2.23. The van der Waals surface area contributed by atoms with Gasteiger partial charge in [0.2, 0.25) is 0 Å². The topological polar surface area (TPSA) is 125 Å². The lowest BCUT2D eigenvalue weighted by molar-refractivity contribution is -0.0551. The Bertz CT molecular complexity index is 555. The summed E-state index contributed by atoms with van der Waals surface area (Å²) in [5, 5.41) is 28.3. The number of aliphatic hydroxyl groups is 3. The predicted molar refractivity (Wildman–Crippen MR) is 67.0 cm³/mol. The SMILES string of the molecule is O=c1[nH]c(=O)n([C@@H]2O[C@H](CO)C(O)C2O)cc1I. The van der Waals surface area contributed by atoms with Crippen LogP contribution in [-0.4, -0.2) is 49.8 Å². The number of nitrogens with one attached hydrogen (secondary N) is 1. The molecule has 0 amide bonds. The molecule has 2 heterocycles. The zero-order chi connectivity index (χ0) is 13.4. The van der Waals surface area contributed by atoms with Crippen LogP contribution in [0.2, 0.25) is 0 Å². The van der Waals surface area contributed by atoms with Crippen LogP contribution in [0.25, 0.3) is 0 Å². The molecule has 4 N–H and O–H groups in total. The summed E-state index contributed by atoms with van der Waals surface area (Å²) in [6.07, 6.45) is -3.54. The highest BCUT2D eigenvalue weighted by Crippen LogP contribution is 2.27. The minimum Gasteiger partial charge on any atom is -0.394 e. The fraction of sp³-hybridized carbons (Fsp3) is 0.556. The van der Waals surface area contributed by atoms with Crippen molar-refractivity contribution in [2.75, 3.05) is 6.61 Å². The molecule has 1 aliphatic heterocycles. The van der Waals surface area contributed by atoms with Crippen LogP contribution >= 0.6 is 22.6 Å². The van der Waals surface area contributed by atoms with Gasteiger partial charge in [-0.15, -0.1) is 0 Å². The second-order valence-corrected chi connectivity index (χ2v) is 5.03. The summed E-state index contributed by atoms with van der Waals surface area (Å²) in [7, 11) is 0. The standard InChI is InChI=1S/C9H11IN2O6/c10-3-1-12(9(17)11-7(3)16)8-6(15)5(14)4(2-13)18-8/h1,4-6,8,13-15H,2H2,(H,11,16,17)/t4-,5?,6?,8-/m1/s1. The Kier molecular flexibility index (Phi) is 3.87. The van der Waals surface area contributed by atoms with Gasteiger partial charge in [-0.2, -0.15) is 0 Å². The van der Waals surface area contributed by atoms with Gasteiger partial charge in [-0.3, -0.25) is 14.3 Å². The number of aromatic nitrogens is 2. The number of hydrogen-bond donors (Lipinski definition) is 4. The van der Waals surface area contributed by atoms with Crippen LogP contribution in [0.5, 0.6) is 0 Å². The number of rotatable bonds is 2. The molecule has 0 spiro atoms. The molecular weight excluding hydrogens is 359 g/mol. The van der Waals surface area contributed by atoms with Crippen molar-refractivity contribution in [3.8, 4) is 0 Å². The van der Waals surface area contributed by atoms with Gasteiger partial charge in [0.25, 0.3) is 5.56 Å². The quantitative estimate of drug-likeness (QED) is 0.436. The molecule has 1 aromatic rings. The molecule has 18 heavy (non-hydrogen) atoms. The number of H-pyrrole nitrogens is 1. The fourth-order valence-corrected chi connectivity index (χ4v) is 2.19. The van der Waals surface area contributed by atoms with Gasteiger partial charge in [0.1, 0.15) is 18.3 Å². The van der Waals surface area contributed by atoms with E-state index in [1.165, 1.54) is 6.20 Å². The van der Waals surface area contributed by atoms with Crippen LogP contribution in [0.3, 0.4) is 0 Å². The van der Waals surface area contributed by atoms with E-state index in [2.05, 4.69) is 4.98 Å². The van der Waals surface area contributed by atoms with Gasteiger partial charge in [0.15, 0.2) is 6.23 Å². The lowest BCUT2D eigenvalue weighted by Crippen LogP contribution is -2.38. The number of aromatic amines is 1. The second kappa shape index (κ2) is 5.09. The first-order chi connectivity index (χ1) is 8.45. The van der Waals surface area contributed by atoms with Crippen LogP contribution in [0, 0.1) is 3.57 Å². The lowest BCUT2D eigenvalue weighted by atomic mass is 10.1. The number of halogens is 1. The summed E-state index contributed by atoms with van der Waals surface area (Å²) in [6.45, 7) is -0.482. The Morgan fingerprint density at radius 2 is 2.06 bits per heavy atom. The van der Waals surface area contributed by atoms with Gasteiger partial charge in [0.05, 0.1) is 10.2 Å². The zero-order valence-corrected chi connectivity index (χ0v) is 11.1. The van der Waals surface area contributed by atoms with E-state index in [0.29, 0.717) is 0 Å². The molecule has 100 valence electrons. The molecule has 0 aromatic carbocycles. The first-order valence-corrected chi connectivity index (χ1v) is 6.17. The summed E-state index contributed by atoms with van der Waals surface area (Å²) in [5.74, 6) is 0. The summed E-state index contributed by atoms with van der Waals surface area (Å²) in [5.41, 5.74) is -1.29. The van der Waals surface area contributed by atoms with Crippen molar-refractivity contribution in [3.63, 3.8) is 0 Å². The van der Waals surface area contributed by atoms with Gasteiger partial charge in [-0.25, -0.2) is 4.79 Å². The molecular formula is C9H11IN2O6. The highest BCUT2D eigenvalue weighted by atomic mass is 127. The van der Waals surface area contributed by atoms with Crippen LogP contribution in [-0.2, 0) is 4.74 Å². The average molecular weight is 370 g/mol. The second-order valence-electron chi connectivity index (χ2n) is 3.87. The van der Waals surface area contributed by atoms with E-state index in [9.17, 15) is 19.8 Å². The Morgan fingerprint density at radius 1 is 1.39 bits per heavy atom. The van der Waals surface area contributed by atoms with Crippen molar-refractivity contribution in [1.82, 2.24) is 9.55 Å². The normalized spacial score (nSPS) is 31.8. The van der Waals surface area contributed by atoms with Crippen LogP contribution < -0.4 is 11.2 Å². The third-order valence-corrected chi connectivity index (χ3v) is 3.48. The van der Waals surface area contributed by atoms with E-state index >= 15 is 0 Å². The highest BCUT2D eigenvalue weighted by Gasteiger charge is 2.43. The number of nitrogens with zero attached hydrogens (tertiary/aromatic N) is 1. The van der Waals surface area contributed by atoms with Gasteiger partial charge >= 0.3 is 5.69 Å². The molecule has 1 fully saturated rings. The molecule has 0 saturated carbocycles. The molecule has 1 aromatic heterocycles. The average Bonchev–Trinajstić information content (AvgIpc) is 2.61. The Balaban J connectivity index is 2.42. The van der Waals surface area contributed by atoms with Crippen molar-refractivity contribution < 1.29 is 20.1 Å². The zero-order valence-electron chi connectivity index (χ0n) is 8.99. The number of ether oxygens (including phenoxy) is 1. The molecule has 8 nitrogen and oxygen atoms in total. The maximum atomic E-state index is 11.6. The molecule has 0 aliphatic carbocycles. The summed E-state index contributed by atoms with van der Waals surface area (Å²) in [6, 6.07) is 0. The lowest BCUT2D eigenvalue weighted by Gasteiger charge is -2.17. The summed E-state index contributed by atoms with van der Waals surface area (Å²) >= 11 is 1.73. The van der Waals surface area contributed by atoms with Crippen LogP contribution in [0.15, 0.2) is 15.8 Å².